The number of nitrogens with two attached hydrogens (primary N) is 1. The zero-order chi connectivity index (χ0) is 14.2. The van der Waals surface area contributed by atoms with Gasteiger partial charge in [-0.3, -0.25) is 0 Å². The van der Waals surface area contributed by atoms with Crippen LogP contribution < -0.4 is 5.73 Å². The number of ether oxygens (including phenoxy) is 1. The van der Waals surface area contributed by atoms with Crippen molar-refractivity contribution in [3.05, 3.63) is 48.4 Å². The zero-order valence-electron chi connectivity index (χ0n) is 11.4. The van der Waals surface area contributed by atoms with Crippen LogP contribution in [0, 0.1) is 0 Å². The molecular weight excluding hydrogens is 266 g/mol. The number of hydrogen-bond acceptors (Lipinski definition) is 5. The maximum absolute atomic E-state index is 6.00. The highest BCUT2D eigenvalue weighted by Gasteiger charge is 2.31. The third-order valence-corrected chi connectivity index (χ3v) is 3.91. The predicted molar refractivity (Wildman–Crippen MR) is 78.8 cm³/mol. The van der Waals surface area contributed by atoms with Crippen LogP contribution in [-0.4, -0.2) is 29.4 Å². The second kappa shape index (κ2) is 4.95. The molecule has 106 valence electrons. The molecule has 2 N–H and O–H groups in total. The maximum atomic E-state index is 6.00. The molecule has 0 spiro atoms. The monoisotopic (exact) mass is 281 g/mol. The number of nitrogens with zero attached hydrogens (tertiary/aromatic N) is 2. The Balaban J connectivity index is 1.78. The summed E-state index contributed by atoms with van der Waals surface area (Å²) in [4.78, 5) is 4.53. The highest BCUT2D eigenvalue weighted by atomic mass is 16.5. The minimum absolute atomic E-state index is 0.0128. The molecule has 3 aromatic rings. The molecule has 0 saturated carbocycles. The quantitative estimate of drug-likeness (QED) is 0.780. The SMILES string of the molecule is NC1COCC1c1nc(-c2cccc3ccccc23)no1. The van der Waals surface area contributed by atoms with Crippen LogP contribution in [-0.2, 0) is 4.74 Å². The van der Waals surface area contributed by atoms with Gasteiger partial charge in [-0.2, -0.15) is 4.98 Å². The van der Waals surface area contributed by atoms with E-state index in [9.17, 15) is 0 Å². The number of benzene rings is 2. The lowest BCUT2D eigenvalue weighted by atomic mass is 10.0. The van der Waals surface area contributed by atoms with Crippen LogP contribution >= 0.6 is 0 Å². The smallest absolute Gasteiger partial charge is 0.234 e. The van der Waals surface area contributed by atoms with Gasteiger partial charge in [0.05, 0.1) is 19.1 Å². The summed E-state index contributed by atoms with van der Waals surface area (Å²) in [5, 5.41) is 6.38. The second-order valence-corrected chi connectivity index (χ2v) is 5.29. The minimum Gasteiger partial charge on any atom is -0.379 e. The van der Waals surface area contributed by atoms with Crippen LogP contribution in [0.1, 0.15) is 11.8 Å². The van der Waals surface area contributed by atoms with Crippen molar-refractivity contribution in [3.8, 4) is 11.4 Å². The molecule has 0 amide bonds. The Bertz CT molecular complexity index is 779. The van der Waals surface area contributed by atoms with Crippen molar-refractivity contribution in [2.45, 2.75) is 12.0 Å². The first-order chi connectivity index (χ1) is 10.3. The van der Waals surface area contributed by atoms with Crippen molar-refractivity contribution in [1.82, 2.24) is 10.1 Å². The van der Waals surface area contributed by atoms with Crippen LogP contribution in [0.4, 0.5) is 0 Å². The normalized spacial score (nSPS) is 22.0. The van der Waals surface area contributed by atoms with Crippen LogP contribution in [0.15, 0.2) is 47.0 Å². The summed E-state index contributed by atoms with van der Waals surface area (Å²) in [6.07, 6.45) is 0. The predicted octanol–water partition coefficient (Wildman–Crippen LogP) is 2.33. The fraction of sp³-hybridized carbons (Fsp3) is 0.250. The van der Waals surface area contributed by atoms with E-state index in [0.717, 1.165) is 16.3 Å². The van der Waals surface area contributed by atoms with Crippen LogP contribution in [0.25, 0.3) is 22.2 Å². The molecule has 0 aliphatic carbocycles. The molecule has 1 saturated heterocycles. The molecule has 2 unspecified atom stereocenters. The first-order valence-corrected chi connectivity index (χ1v) is 6.98. The van der Waals surface area contributed by atoms with Crippen molar-refractivity contribution < 1.29 is 9.26 Å². The molecule has 2 aromatic carbocycles. The lowest BCUT2D eigenvalue weighted by Crippen LogP contribution is -2.26. The summed E-state index contributed by atoms with van der Waals surface area (Å²) in [6.45, 7) is 1.08. The summed E-state index contributed by atoms with van der Waals surface area (Å²) >= 11 is 0. The van der Waals surface area contributed by atoms with E-state index in [0.29, 0.717) is 24.9 Å². The maximum Gasteiger partial charge on any atom is 0.234 e. The second-order valence-electron chi connectivity index (χ2n) is 5.29. The number of hydrogen-bond donors (Lipinski definition) is 1. The summed E-state index contributed by atoms with van der Waals surface area (Å²) in [6, 6.07) is 14.1. The Morgan fingerprint density at radius 3 is 2.76 bits per heavy atom. The Morgan fingerprint density at radius 2 is 1.90 bits per heavy atom. The highest BCUT2D eigenvalue weighted by molar-refractivity contribution is 5.94. The Labute approximate surface area is 121 Å². The van der Waals surface area contributed by atoms with E-state index < -0.39 is 0 Å². The van der Waals surface area contributed by atoms with E-state index in [1.807, 2.05) is 24.3 Å². The van der Waals surface area contributed by atoms with Gasteiger partial charge in [0.15, 0.2) is 0 Å². The molecule has 2 heterocycles. The van der Waals surface area contributed by atoms with Gasteiger partial charge in [-0.1, -0.05) is 47.6 Å². The van der Waals surface area contributed by atoms with Gasteiger partial charge in [-0.05, 0) is 10.8 Å². The molecule has 1 aliphatic rings. The van der Waals surface area contributed by atoms with Gasteiger partial charge < -0.3 is 15.0 Å². The molecule has 5 heteroatoms. The zero-order valence-corrected chi connectivity index (χ0v) is 11.4. The third kappa shape index (κ3) is 2.11. The van der Waals surface area contributed by atoms with Gasteiger partial charge >= 0.3 is 0 Å². The first kappa shape index (κ1) is 12.5. The van der Waals surface area contributed by atoms with E-state index in [2.05, 4.69) is 28.3 Å². The third-order valence-electron chi connectivity index (χ3n) is 3.91. The van der Waals surface area contributed by atoms with E-state index in [1.54, 1.807) is 0 Å². The number of fused-ring (bicyclic) bond motifs is 1. The lowest BCUT2D eigenvalue weighted by Gasteiger charge is -2.06. The van der Waals surface area contributed by atoms with Crippen molar-refractivity contribution in [1.29, 1.82) is 0 Å². The molecule has 21 heavy (non-hydrogen) atoms. The van der Waals surface area contributed by atoms with Crippen LogP contribution in [0.3, 0.4) is 0 Å². The molecular formula is C16H15N3O2. The van der Waals surface area contributed by atoms with E-state index >= 15 is 0 Å². The fourth-order valence-electron chi connectivity index (χ4n) is 2.74. The molecule has 1 fully saturated rings. The van der Waals surface area contributed by atoms with Gasteiger partial charge in [0.25, 0.3) is 0 Å². The Kier molecular flexibility index (Phi) is 2.94. The van der Waals surface area contributed by atoms with Crippen LogP contribution in [0.2, 0.25) is 0 Å². The Morgan fingerprint density at radius 1 is 1.05 bits per heavy atom. The number of rotatable bonds is 2. The molecule has 0 radical (unpaired) electrons. The van der Waals surface area contributed by atoms with E-state index in [-0.39, 0.29) is 12.0 Å². The molecule has 1 aromatic heterocycles. The van der Waals surface area contributed by atoms with Crippen molar-refractivity contribution in [2.75, 3.05) is 13.2 Å². The summed E-state index contributed by atoms with van der Waals surface area (Å²) in [7, 11) is 0. The van der Waals surface area contributed by atoms with Crippen molar-refractivity contribution in [3.63, 3.8) is 0 Å². The highest BCUT2D eigenvalue weighted by Crippen LogP contribution is 2.29. The van der Waals surface area contributed by atoms with Gasteiger partial charge in [-0.15, -0.1) is 0 Å². The van der Waals surface area contributed by atoms with Gasteiger partial charge in [-0.25, -0.2) is 0 Å². The van der Waals surface area contributed by atoms with Crippen LogP contribution in [0.5, 0.6) is 0 Å². The minimum atomic E-state index is -0.0779. The molecule has 1 aliphatic heterocycles. The molecule has 5 nitrogen and oxygen atoms in total. The summed E-state index contributed by atoms with van der Waals surface area (Å²) < 4.78 is 10.8. The molecule has 2 atom stereocenters. The first-order valence-electron chi connectivity index (χ1n) is 6.98. The number of aromatic nitrogens is 2. The average molecular weight is 281 g/mol. The largest absolute Gasteiger partial charge is 0.379 e. The van der Waals surface area contributed by atoms with Crippen molar-refractivity contribution >= 4 is 10.8 Å². The van der Waals surface area contributed by atoms with Gasteiger partial charge in [0.1, 0.15) is 0 Å². The average Bonchev–Trinajstić information content (AvgIpc) is 3.15. The van der Waals surface area contributed by atoms with Gasteiger partial charge in [0.2, 0.25) is 11.7 Å². The standard InChI is InChI=1S/C16H15N3O2/c17-14-9-20-8-13(14)16-18-15(19-21-16)12-7-3-5-10-4-1-2-6-11(10)12/h1-7,13-14H,8-9,17H2. The van der Waals surface area contributed by atoms with E-state index in [4.69, 9.17) is 15.0 Å². The summed E-state index contributed by atoms with van der Waals surface area (Å²) in [5.41, 5.74) is 6.96. The fourth-order valence-corrected chi connectivity index (χ4v) is 2.74. The summed E-state index contributed by atoms with van der Waals surface area (Å²) in [5.74, 6) is 1.14. The Hall–Kier alpha value is -2.24. The lowest BCUT2D eigenvalue weighted by molar-refractivity contribution is 0.187. The van der Waals surface area contributed by atoms with Crippen molar-refractivity contribution in [2.24, 2.45) is 5.73 Å². The van der Waals surface area contributed by atoms with E-state index in [1.165, 1.54) is 0 Å². The topological polar surface area (TPSA) is 74.2 Å². The molecule has 0 bridgehead atoms. The molecule has 4 rings (SSSR count). The van der Waals surface area contributed by atoms with Gasteiger partial charge in [0, 0.05) is 11.6 Å².